The Morgan fingerprint density at radius 1 is 1.15 bits per heavy atom. The van der Waals surface area contributed by atoms with Crippen molar-refractivity contribution in [2.75, 3.05) is 38.0 Å². The summed E-state index contributed by atoms with van der Waals surface area (Å²) in [7, 11) is 0. The SMILES string of the molecule is Cc1cnc(C(=O)N2CC[NH+](CC(=O)Nc3ccc(F)cc3)CC2)cn1. The van der Waals surface area contributed by atoms with E-state index in [1.165, 1.54) is 30.5 Å². The number of nitrogens with one attached hydrogen (secondary N) is 2. The van der Waals surface area contributed by atoms with Gasteiger partial charge in [-0.05, 0) is 31.2 Å². The largest absolute Gasteiger partial charge is 0.326 e. The van der Waals surface area contributed by atoms with Crippen LogP contribution in [0.3, 0.4) is 0 Å². The first-order valence-corrected chi connectivity index (χ1v) is 8.48. The van der Waals surface area contributed by atoms with Gasteiger partial charge in [0.15, 0.2) is 6.54 Å². The minimum absolute atomic E-state index is 0.129. The van der Waals surface area contributed by atoms with E-state index >= 15 is 0 Å². The van der Waals surface area contributed by atoms with Crippen LogP contribution in [0.1, 0.15) is 16.2 Å². The highest BCUT2D eigenvalue weighted by Crippen LogP contribution is 2.07. The molecule has 0 radical (unpaired) electrons. The molecule has 0 spiro atoms. The number of halogens is 1. The number of carbonyl (C=O) groups is 2. The number of quaternary nitrogens is 1. The molecule has 1 aromatic carbocycles. The van der Waals surface area contributed by atoms with E-state index in [1.807, 2.05) is 6.92 Å². The summed E-state index contributed by atoms with van der Waals surface area (Å²) >= 11 is 0. The quantitative estimate of drug-likeness (QED) is 0.800. The fourth-order valence-electron chi connectivity index (χ4n) is 2.83. The third-order valence-electron chi connectivity index (χ3n) is 4.30. The summed E-state index contributed by atoms with van der Waals surface area (Å²) < 4.78 is 12.9. The average molecular weight is 358 g/mol. The zero-order valence-corrected chi connectivity index (χ0v) is 14.5. The first-order chi connectivity index (χ1) is 12.5. The van der Waals surface area contributed by atoms with Gasteiger partial charge in [0, 0.05) is 11.9 Å². The Morgan fingerprint density at radius 2 is 1.85 bits per heavy atom. The lowest BCUT2D eigenvalue weighted by Gasteiger charge is -2.31. The molecule has 0 atom stereocenters. The number of rotatable bonds is 4. The topological polar surface area (TPSA) is 79.6 Å². The molecule has 1 saturated heterocycles. The van der Waals surface area contributed by atoms with E-state index in [2.05, 4.69) is 15.3 Å². The molecule has 1 fully saturated rings. The molecule has 1 aromatic heterocycles. The molecular formula is C18H21FN5O2+. The number of hydrogen-bond acceptors (Lipinski definition) is 4. The molecule has 2 aromatic rings. The van der Waals surface area contributed by atoms with Gasteiger partial charge in [0.2, 0.25) is 0 Å². The molecule has 7 nitrogen and oxygen atoms in total. The van der Waals surface area contributed by atoms with Gasteiger partial charge in [0.1, 0.15) is 11.5 Å². The van der Waals surface area contributed by atoms with Gasteiger partial charge in [0.05, 0.1) is 38.1 Å². The Labute approximate surface area is 150 Å². The summed E-state index contributed by atoms with van der Waals surface area (Å²) in [6.07, 6.45) is 3.07. The van der Waals surface area contributed by atoms with Gasteiger partial charge in [-0.2, -0.15) is 0 Å². The van der Waals surface area contributed by atoms with Gasteiger partial charge < -0.3 is 15.1 Å². The van der Waals surface area contributed by atoms with Crippen molar-refractivity contribution in [3.8, 4) is 0 Å². The number of nitrogens with zero attached hydrogens (tertiary/aromatic N) is 3. The first kappa shape index (κ1) is 17.9. The maximum absolute atomic E-state index is 12.9. The Hall–Kier alpha value is -2.87. The van der Waals surface area contributed by atoms with Crippen molar-refractivity contribution in [3.05, 3.63) is 53.9 Å². The van der Waals surface area contributed by atoms with Gasteiger partial charge in [0.25, 0.3) is 11.8 Å². The van der Waals surface area contributed by atoms with Crippen LogP contribution in [0.5, 0.6) is 0 Å². The number of hydrogen-bond donors (Lipinski definition) is 2. The van der Waals surface area contributed by atoms with Gasteiger partial charge in [-0.15, -0.1) is 0 Å². The third kappa shape index (κ3) is 4.60. The van der Waals surface area contributed by atoms with E-state index in [0.29, 0.717) is 44.1 Å². The summed E-state index contributed by atoms with van der Waals surface area (Å²) in [6.45, 7) is 4.62. The summed E-state index contributed by atoms with van der Waals surface area (Å²) in [5.74, 6) is -0.601. The van der Waals surface area contributed by atoms with Crippen LogP contribution >= 0.6 is 0 Å². The normalized spacial score (nSPS) is 14.9. The number of amides is 2. The lowest BCUT2D eigenvalue weighted by molar-refractivity contribution is -0.895. The van der Waals surface area contributed by atoms with E-state index in [1.54, 1.807) is 11.1 Å². The number of piperazine rings is 1. The molecule has 2 N–H and O–H groups in total. The summed E-state index contributed by atoms with van der Waals surface area (Å²) in [6, 6.07) is 5.67. The van der Waals surface area contributed by atoms with Crippen LogP contribution in [-0.4, -0.2) is 59.4 Å². The van der Waals surface area contributed by atoms with Crippen LogP contribution in [0.15, 0.2) is 36.7 Å². The summed E-state index contributed by atoms with van der Waals surface area (Å²) in [5, 5.41) is 2.76. The van der Waals surface area contributed by atoms with Crippen molar-refractivity contribution < 1.29 is 18.9 Å². The monoisotopic (exact) mass is 358 g/mol. The molecule has 0 unspecified atom stereocenters. The molecule has 1 aliphatic rings. The zero-order valence-electron chi connectivity index (χ0n) is 14.5. The molecule has 3 rings (SSSR count). The van der Waals surface area contributed by atoms with Crippen molar-refractivity contribution in [3.63, 3.8) is 0 Å². The molecule has 0 aliphatic carbocycles. The smallest absolute Gasteiger partial charge is 0.279 e. The van der Waals surface area contributed by atoms with Crippen molar-refractivity contribution in [2.24, 2.45) is 0 Å². The van der Waals surface area contributed by atoms with E-state index in [4.69, 9.17) is 0 Å². The molecule has 2 heterocycles. The van der Waals surface area contributed by atoms with Crippen LogP contribution in [-0.2, 0) is 4.79 Å². The standard InChI is InChI=1S/C18H20FN5O2/c1-13-10-21-16(11-20-13)18(26)24-8-6-23(7-9-24)12-17(25)22-15-4-2-14(19)3-5-15/h2-5,10-11H,6-9,12H2,1H3,(H,22,25)/p+1. The van der Waals surface area contributed by atoms with Crippen LogP contribution < -0.4 is 10.2 Å². The number of aryl methyl sites for hydroxylation is 1. The first-order valence-electron chi connectivity index (χ1n) is 8.48. The van der Waals surface area contributed by atoms with Crippen molar-refractivity contribution in [1.82, 2.24) is 14.9 Å². The lowest BCUT2D eigenvalue weighted by Crippen LogP contribution is -3.15. The number of carbonyl (C=O) groups excluding carboxylic acids is 2. The molecule has 8 heteroatoms. The highest BCUT2D eigenvalue weighted by Gasteiger charge is 2.26. The average Bonchev–Trinajstić information content (AvgIpc) is 2.64. The van der Waals surface area contributed by atoms with Crippen LogP contribution in [0, 0.1) is 12.7 Å². The molecule has 2 amide bonds. The maximum Gasteiger partial charge on any atom is 0.279 e. The second-order valence-corrected chi connectivity index (χ2v) is 6.32. The number of benzene rings is 1. The molecule has 136 valence electrons. The van der Waals surface area contributed by atoms with Gasteiger partial charge in [-0.3, -0.25) is 14.6 Å². The van der Waals surface area contributed by atoms with E-state index in [-0.39, 0.29) is 17.6 Å². The molecule has 1 aliphatic heterocycles. The lowest BCUT2D eigenvalue weighted by atomic mass is 10.2. The molecule has 0 bridgehead atoms. The summed E-state index contributed by atoms with van der Waals surface area (Å²) in [4.78, 5) is 35.6. The molecule has 0 saturated carbocycles. The minimum Gasteiger partial charge on any atom is -0.326 e. The highest BCUT2D eigenvalue weighted by atomic mass is 19.1. The number of anilines is 1. The van der Waals surface area contributed by atoms with Crippen LogP contribution in [0.25, 0.3) is 0 Å². The van der Waals surface area contributed by atoms with E-state index < -0.39 is 0 Å². The summed E-state index contributed by atoms with van der Waals surface area (Å²) in [5.41, 5.74) is 1.68. The predicted molar refractivity (Wildman–Crippen MR) is 93.3 cm³/mol. The number of aromatic nitrogens is 2. The maximum atomic E-state index is 12.9. The van der Waals surface area contributed by atoms with Gasteiger partial charge in [-0.1, -0.05) is 0 Å². The zero-order chi connectivity index (χ0) is 18.5. The Bertz CT molecular complexity index is 771. The molecule has 26 heavy (non-hydrogen) atoms. The third-order valence-corrected chi connectivity index (χ3v) is 4.30. The highest BCUT2D eigenvalue weighted by molar-refractivity contribution is 5.92. The Morgan fingerprint density at radius 3 is 2.46 bits per heavy atom. The van der Waals surface area contributed by atoms with Crippen LogP contribution in [0.4, 0.5) is 10.1 Å². The minimum atomic E-state index is -0.340. The van der Waals surface area contributed by atoms with Crippen molar-refractivity contribution in [1.29, 1.82) is 0 Å². The van der Waals surface area contributed by atoms with Crippen molar-refractivity contribution >= 4 is 17.5 Å². The second-order valence-electron chi connectivity index (χ2n) is 6.32. The predicted octanol–water partition coefficient (Wildman–Crippen LogP) is -0.0965. The second kappa shape index (κ2) is 8.01. The van der Waals surface area contributed by atoms with Crippen LogP contribution in [0.2, 0.25) is 0 Å². The van der Waals surface area contributed by atoms with Gasteiger partial charge in [-0.25, -0.2) is 9.37 Å². The Balaban J connectivity index is 1.47. The fraction of sp³-hybridized carbons (Fsp3) is 0.333. The Kier molecular flexibility index (Phi) is 5.52. The van der Waals surface area contributed by atoms with Crippen molar-refractivity contribution in [2.45, 2.75) is 6.92 Å². The van der Waals surface area contributed by atoms with Gasteiger partial charge >= 0.3 is 0 Å². The fourth-order valence-corrected chi connectivity index (χ4v) is 2.83. The van der Waals surface area contributed by atoms with E-state index in [9.17, 15) is 14.0 Å². The molecular weight excluding hydrogens is 337 g/mol. The van der Waals surface area contributed by atoms with E-state index in [0.717, 1.165) is 10.6 Å².